The van der Waals surface area contributed by atoms with Gasteiger partial charge >= 0.3 is 5.97 Å². The van der Waals surface area contributed by atoms with Crippen molar-refractivity contribution in [2.75, 3.05) is 13.2 Å². The lowest BCUT2D eigenvalue weighted by atomic mass is 10.0. The van der Waals surface area contributed by atoms with Crippen LogP contribution in [0.15, 0.2) is 48.6 Å². The van der Waals surface area contributed by atoms with Crippen molar-refractivity contribution in [3.8, 4) is 0 Å². The Kier molecular flexibility index (Phi) is 65.4. The number of aliphatic hydroxyl groups excluding tert-OH is 2. The molecule has 0 fully saturated rings. The first-order valence-corrected chi connectivity index (χ1v) is 34.9. The zero-order chi connectivity index (χ0) is 56.4. The summed E-state index contributed by atoms with van der Waals surface area (Å²) in [6.45, 7) is 4.89. The molecular weight excluding hydrogens is 959 g/mol. The molecule has 2 unspecified atom stereocenters. The minimum absolute atomic E-state index is 0.00419. The molecule has 6 heteroatoms. The van der Waals surface area contributed by atoms with E-state index in [9.17, 15) is 19.8 Å². The number of esters is 1. The van der Waals surface area contributed by atoms with E-state index in [0.29, 0.717) is 19.4 Å². The largest absolute Gasteiger partial charge is 0.466 e. The third-order valence-electron chi connectivity index (χ3n) is 16.1. The Morgan fingerprint density at radius 1 is 0.359 bits per heavy atom. The molecule has 6 nitrogen and oxygen atoms in total. The van der Waals surface area contributed by atoms with Crippen LogP contribution in [0, 0.1) is 0 Å². The maximum Gasteiger partial charge on any atom is 0.305 e. The average Bonchev–Trinajstić information content (AvgIpc) is 3.44. The Labute approximate surface area is 486 Å². The van der Waals surface area contributed by atoms with Crippen molar-refractivity contribution < 1.29 is 24.5 Å². The van der Waals surface area contributed by atoms with Gasteiger partial charge in [-0.25, -0.2) is 0 Å². The molecule has 458 valence electrons. The summed E-state index contributed by atoms with van der Waals surface area (Å²) in [7, 11) is 0. The van der Waals surface area contributed by atoms with Gasteiger partial charge in [-0.05, 0) is 89.9 Å². The number of hydrogen-bond donors (Lipinski definition) is 3. The first-order chi connectivity index (χ1) is 38.5. The van der Waals surface area contributed by atoms with Crippen LogP contribution in [0.5, 0.6) is 0 Å². The molecule has 2 atom stereocenters. The van der Waals surface area contributed by atoms with Crippen LogP contribution in [0.2, 0.25) is 0 Å². The number of hydrogen-bond acceptors (Lipinski definition) is 5. The Balaban J connectivity index is 3.47. The van der Waals surface area contributed by atoms with Crippen molar-refractivity contribution in [3.63, 3.8) is 0 Å². The first kappa shape index (κ1) is 75.8. The fourth-order valence-corrected chi connectivity index (χ4v) is 10.7. The Morgan fingerprint density at radius 2 is 0.641 bits per heavy atom. The summed E-state index contributed by atoms with van der Waals surface area (Å²) in [5.74, 6) is -0.0788. The van der Waals surface area contributed by atoms with Crippen LogP contribution in [0.4, 0.5) is 0 Å². The van der Waals surface area contributed by atoms with E-state index < -0.39 is 12.1 Å². The van der Waals surface area contributed by atoms with E-state index in [1.54, 1.807) is 6.08 Å². The van der Waals surface area contributed by atoms with Crippen LogP contribution < -0.4 is 5.32 Å². The number of carbonyl (C=O) groups is 2. The van der Waals surface area contributed by atoms with E-state index in [1.807, 2.05) is 6.08 Å². The van der Waals surface area contributed by atoms with E-state index >= 15 is 0 Å². The maximum atomic E-state index is 12.5. The Morgan fingerprint density at radius 3 is 1.01 bits per heavy atom. The smallest absolute Gasteiger partial charge is 0.305 e. The number of amides is 1. The maximum absolute atomic E-state index is 12.5. The van der Waals surface area contributed by atoms with Crippen LogP contribution in [0.3, 0.4) is 0 Å². The molecular formula is C72H135NO5. The van der Waals surface area contributed by atoms with Crippen molar-refractivity contribution in [2.24, 2.45) is 0 Å². The number of carbonyl (C=O) groups excluding carboxylic acids is 2. The zero-order valence-corrected chi connectivity index (χ0v) is 52.4. The predicted molar refractivity (Wildman–Crippen MR) is 342 cm³/mol. The standard InChI is InChI=1S/C72H135NO5/c1-3-5-7-9-11-13-15-17-19-21-22-23-24-25-26-27-29-33-36-40-44-48-52-56-60-64-70(75)69(68-74)73-71(76)65-61-57-53-49-45-41-37-34-30-28-31-35-39-43-47-51-55-59-63-67-78-72(77)66-62-58-54-50-46-42-38-32-20-18-16-14-12-10-8-6-4-2/h12,14,18,20,28,30,60,64,69-70,74-75H,3-11,13,15-17,19,21-27,29,31-59,61-63,65-68H2,1-2H3,(H,73,76)/b14-12-,20-18-,30-28-,64-60+. The van der Waals surface area contributed by atoms with Gasteiger partial charge in [-0.2, -0.15) is 0 Å². The first-order valence-electron chi connectivity index (χ1n) is 34.9. The zero-order valence-electron chi connectivity index (χ0n) is 52.4. The van der Waals surface area contributed by atoms with Crippen molar-refractivity contribution in [1.82, 2.24) is 5.32 Å². The van der Waals surface area contributed by atoms with Crippen LogP contribution in [0.25, 0.3) is 0 Å². The minimum Gasteiger partial charge on any atom is -0.466 e. The summed E-state index contributed by atoms with van der Waals surface area (Å²) >= 11 is 0. The van der Waals surface area contributed by atoms with Crippen molar-refractivity contribution in [1.29, 1.82) is 0 Å². The van der Waals surface area contributed by atoms with Gasteiger partial charge in [-0.15, -0.1) is 0 Å². The summed E-state index contributed by atoms with van der Waals surface area (Å²) in [6.07, 6.45) is 87.5. The molecule has 0 saturated carbocycles. The molecule has 0 heterocycles. The van der Waals surface area contributed by atoms with E-state index in [-0.39, 0.29) is 18.5 Å². The highest BCUT2D eigenvalue weighted by Crippen LogP contribution is 2.18. The molecule has 0 aromatic rings. The minimum atomic E-state index is -0.854. The SMILES string of the molecule is CCCCC/C=C\C/C=C\CCCCCCCCCC(=O)OCCCCCCCCCC/C=C\CCCCCCCCCC(=O)NC(CO)C(O)/C=C/CCCCCCCCCCCCCCCCCCCCCCCCC. The third-order valence-corrected chi connectivity index (χ3v) is 16.1. The van der Waals surface area contributed by atoms with Gasteiger partial charge in [0.2, 0.25) is 5.91 Å². The molecule has 0 bridgehead atoms. The van der Waals surface area contributed by atoms with Gasteiger partial charge in [0.05, 0.1) is 25.4 Å². The van der Waals surface area contributed by atoms with Gasteiger partial charge in [0, 0.05) is 12.8 Å². The summed E-state index contributed by atoms with van der Waals surface area (Å²) in [6, 6.07) is -0.638. The lowest BCUT2D eigenvalue weighted by molar-refractivity contribution is -0.143. The lowest BCUT2D eigenvalue weighted by Crippen LogP contribution is -2.45. The fourth-order valence-electron chi connectivity index (χ4n) is 10.7. The third kappa shape index (κ3) is 63.0. The van der Waals surface area contributed by atoms with E-state index in [4.69, 9.17) is 4.74 Å². The second-order valence-corrected chi connectivity index (χ2v) is 23.9. The van der Waals surface area contributed by atoms with Crippen LogP contribution >= 0.6 is 0 Å². The molecule has 0 saturated heterocycles. The van der Waals surface area contributed by atoms with Gasteiger partial charge < -0.3 is 20.3 Å². The number of allylic oxidation sites excluding steroid dienone is 7. The highest BCUT2D eigenvalue weighted by atomic mass is 16.5. The molecule has 0 rings (SSSR count). The molecule has 0 spiro atoms. The van der Waals surface area contributed by atoms with Gasteiger partial charge in [-0.1, -0.05) is 319 Å². The topological polar surface area (TPSA) is 95.9 Å². The number of aliphatic hydroxyl groups is 2. The summed E-state index contributed by atoms with van der Waals surface area (Å²) in [5.41, 5.74) is 0. The summed E-state index contributed by atoms with van der Waals surface area (Å²) < 4.78 is 5.49. The number of rotatable bonds is 65. The molecule has 0 aromatic carbocycles. The summed E-state index contributed by atoms with van der Waals surface area (Å²) in [5, 5.41) is 23.3. The van der Waals surface area contributed by atoms with Crippen molar-refractivity contribution in [3.05, 3.63) is 48.6 Å². The molecule has 0 aliphatic carbocycles. The van der Waals surface area contributed by atoms with Gasteiger partial charge in [0.25, 0.3) is 0 Å². The molecule has 78 heavy (non-hydrogen) atoms. The van der Waals surface area contributed by atoms with Gasteiger partial charge in [-0.3, -0.25) is 9.59 Å². The predicted octanol–water partition coefficient (Wildman–Crippen LogP) is 22.5. The molecule has 0 aliphatic rings. The van der Waals surface area contributed by atoms with Crippen LogP contribution in [0.1, 0.15) is 373 Å². The van der Waals surface area contributed by atoms with Crippen molar-refractivity contribution in [2.45, 2.75) is 386 Å². The number of ether oxygens (including phenoxy) is 1. The normalized spacial score (nSPS) is 12.8. The molecule has 0 aromatic heterocycles. The second-order valence-electron chi connectivity index (χ2n) is 23.9. The molecule has 0 radical (unpaired) electrons. The van der Waals surface area contributed by atoms with E-state index in [0.717, 1.165) is 64.2 Å². The Hall–Kier alpha value is -2.18. The summed E-state index contributed by atoms with van der Waals surface area (Å²) in [4.78, 5) is 24.6. The molecule has 3 N–H and O–H groups in total. The van der Waals surface area contributed by atoms with E-state index in [2.05, 4.69) is 55.6 Å². The lowest BCUT2D eigenvalue weighted by Gasteiger charge is -2.20. The number of nitrogens with one attached hydrogen (secondary N) is 1. The van der Waals surface area contributed by atoms with Crippen LogP contribution in [-0.2, 0) is 14.3 Å². The highest BCUT2D eigenvalue weighted by molar-refractivity contribution is 5.76. The van der Waals surface area contributed by atoms with Crippen LogP contribution in [-0.4, -0.2) is 47.4 Å². The van der Waals surface area contributed by atoms with Gasteiger partial charge in [0.15, 0.2) is 0 Å². The molecule has 1 amide bonds. The van der Waals surface area contributed by atoms with E-state index in [1.165, 1.54) is 283 Å². The quantitative estimate of drug-likeness (QED) is 0.0320. The average molecular weight is 1090 g/mol. The Bertz CT molecular complexity index is 1310. The second kappa shape index (κ2) is 67.3. The number of unbranched alkanes of at least 4 members (excludes halogenated alkanes) is 48. The monoisotopic (exact) mass is 1090 g/mol. The van der Waals surface area contributed by atoms with Crippen molar-refractivity contribution >= 4 is 11.9 Å². The highest BCUT2D eigenvalue weighted by Gasteiger charge is 2.18. The fraction of sp³-hybridized carbons (Fsp3) is 0.861. The van der Waals surface area contributed by atoms with Gasteiger partial charge in [0.1, 0.15) is 0 Å². The molecule has 0 aliphatic heterocycles.